The Morgan fingerprint density at radius 3 is 1.68 bits per heavy atom. The number of benzene rings is 1. The lowest BCUT2D eigenvalue weighted by Crippen LogP contribution is -2.56. The van der Waals surface area contributed by atoms with Crippen molar-refractivity contribution in [2.24, 2.45) is 0 Å². The molecule has 0 aromatic heterocycles. The number of ether oxygens (including phenoxy) is 1. The Kier molecular flexibility index (Phi) is 5.49. The standard InChI is InChI=1S/C13H15B5O/c1-4-5-13(2,3)19-6-7-8(14)10(16)12(18)11(17)9(7)15/h4-6H2,1-3H3. The third-order valence-electron chi connectivity index (χ3n) is 3.27. The Hall–Kier alpha value is -0.495. The van der Waals surface area contributed by atoms with Gasteiger partial charge in [0.25, 0.3) is 0 Å². The van der Waals surface area contributed by atoms with Crippen LogP contribution in [-0.4, -0.2) is 44.8 Å². The summed E-state index contributed by atoms with van der Waals surface area (Å²) in [6, 6.07) is 0. The molecule has 0 saturated carbocycles. The second-order valence-electron chi connectivity index (χ2n) is 5.35. The lowest BCUT2D eigenvalue weighted by atomic mass is 9.60. The summed E-state index contributed by atoms with van der Waals surface area (Å²) in [6.45, 7) is 6.41. The van der Waals surface area contributed by atoms with E-state index in [1.54, 1.807) is 0 Å². The Morgan fingerprint density at radius 2 is 1.26 bits per heavy atom. The Balaban J connectivity index is 3.03. The third kappa shape index (κ3) is 3.75. The number of hydrogen-bond acceptors (Lipinski definition) is 1. The maximum atomic E-state index is 5.94. The topological polar surface area (TPSA) is 9.23 Å². The molecule has 88 valence electrons. The molecule has 1 aromatic carbocycles. The van der Waals surface area contributed by atoms with E-state index in [0.29, 0.717) is 16.5 Å². The van der Waals surface area contributed by atoms with E-state index in [0.717, 1.165) is 12.8 Å². The van der Waals surface area contributed by atoms with Gasteiger partial charge >= 0.3 is 0 Å². The summed E-state index contributed by atoms with van der Waals surface area (Å²) in [4.78, 5) is 0. The molecule has 0 aliphatic heterocycles. The van der Waals surface area contributed by atoms with Gasteiger partial charge in [-0.25, -0.2) is 0 Å². The van der Waals surface area contributed by atoms with Crippen molar-refractivity contribution in [3.63, 3.8) is 0 Å². The van der Waals surface area contributed by atoms with Gasteiger partial charge in [0, 0.05) is 0 Å². The molecule has 0 saturated heterocycles. The summed E-state index contributed by atoms with van der Waals surface area (Å²) in [5.74, 6) is 0. The predicted octanol–water partition coefficient (Wildman–Crippen LogP) is -2.25. The normalized spacial score (nSPS) is 11.7. The Labute approximate surface area is 123 Å². The van der Waals surface area contributed by atoms with E-state index in [1.165, 1.54) is 0 Å². The first kappa shape index (κ1) is 16.6. The molecule has 6 heteroatoms. The van der Waals surface area contributed by atoms with Crippen LogP contribution in [-0.2, 0) is 11.3 Å². The largest absolute Gasteiger partial charge is 0.371 e. The van der Waals surface area contributed by atoms with E-state index in [9.17, 15) is 0 Å². The fourth-order valence-electron chi connectivity index (χ4n) is 2.00. The van der Waals surface area contributed by atoms with E-state index >= 15 is 0 Å². The van der Waals surface area contributed by atoms with Crippen molar-refractivity contribution in [3.05, 3.63) is 5.56 Å². The van der Waals surface area contributed by atoms with Gasteiger partial charge in [0.1, 0.15) is 39.2 Å². The van der Waals surface area contributed by atoms with Gasteiger partial charge in [0.2, 0.25) is 0 Å². The monoisotopic (exact) mass is 242 g/mol. The van der Waals surface area contributed by atoms with E-state index in [-0.39, 0.29) is 28.6 Å². The van der Waals surface area contributed by atoms with E-state index in [4.69, 9.17) is 44.0 Å². The first-order valence-electron chi connectivity index (χ1n) is 6.35. The van der Waals surface area contributed by atoms with Crippen LogP contribution in [0.25, 0.3) is 0 Å². The summed E-state index contributed by atoms with van der Waals surface area (Å²) in [7, 11) is 29.2. The van der Waals surface area contributed by atoms with Crippen LogP contribution in [0.2, 0.25) is 0 Å². The molecule has 19 heavy (non-hydrogen) atoms. The van der Waals surface area contributed by atoms with Crippen molar-refractivity contribution < 1.29 is 4.74 Å². The molecule has 0 bridgehead atoms. The molecule has 0 N–H and O–H groups in total. The fraction of sp³-hybridized carbons (Fsp3) is 0.538. The summed E-state index contributed by atoms with van der Waals surface area (Å²) in [5, 5.41) is 0. The van der Waals surface area contributed by atoms with Crippen LogP contribution in [0, 0.1) is 0 Å². The zero-order chi connectivity index (χ0) is 14.8. The molecular formula is C13H15B5O. The molecule has 0 heterocycles. The first-order chi connectivity index (χ1) is 8.71. The highest BCUT2D eigenvalue weighted by atomic mass is 16.5. The third-order valence-corrected chi connectivity index (χ3v) is 3.27. The molecule has 0 atom stereocenters. The molecule has 0 spiro atoms. The van der Waals surface area contributed by atoms with Crippen LogP contribution in [0.15, 0.2) is 0 Å². The van der Waals surface area contributed by atoms with Crippen molar-refractivity contribution in [1.82, 2.24) is 0 Å². The number of rotatable bonds is 5. The molecule has 0 fully saturated rings. The van der Waals surface area contributed by atoms with Gasteiger partial charge in [0.05, 0.1) is 12.2 Å². The van der Waals surface area contributed by atoms with E-state index in [2.05, 4.69) is 6.92 Å². The molecule has 10 radical (unpaired) electrons. The minimum absolute atomic E-state index is 0.228. The molecule has 1 rings (SSSR count). The van der Waals surface area contributed by atoms with Crippen LogP contribution < -0.4 is 27.3 Å². The van der Waals surface area contributed by atoms with Crippen LogP contribution in [0.3, 0.4) is 0 Å². The van der Waals surface area contributed by atoms with Gasteiger partial charge in [-0.2, -0.15) is 0 Å². The molecule has 0 aliphatic carbocycles. The second-order valence-corrected chi connectivity index (χ2v) is 5.35. The van der Waals surface area contributed by atoms with Crippen molar-refractivity contribution in [1.29, 1.82) is 0 Å². The van der Waals surface area contributed by atoms with Gasteiger partial charge in [0.15, 0.2) is 0 Å². The predicted molar refractivity (Wildman–Crippen MR) is 87.2 cm³/mol. The zero-order valence-electron chi connectivity index (χ0n) is 11.9. The minimum atomic E-state index is -0.251. The summed E-state index contributed by atoms with van der Waals surface area (Å²) >= 11 is 0. The SMILES string of the molecule is [B]c1c([B])c([B])c(COC(C)(C)CCC)c([B])c1[B]. The van der Waals surface area contributed by atoms with Gasteiger partial charge < -0.3 is 4.74 Å². The van der Waals surface area contributed by atoms with Gasteiger partial charge in [-0.15, -0.1) is 16.4 Å². The van der Waals surface area contributed by atoms with Crippen LogP contribution in [0.4, 0.5) is 0 Å². The molecule has 1 aromatic rings. The summed E-state index contributed by atoms with van der Waals surface area (Å²) < 4.78 is 5.86. The van der Waals surface area contributed by atoms with E-state index in [1.807, 2.05) is 13.8 Å². The second kappa shape index (κ2) is 6.30. The Bertz CT molecular complexity index is 442. The average molecular weight is 241 g/mol. The maximum Gasteiger partial charge on any atom is 0.113 e. The quantitative estimate of drug-likeness (QED) is 0.529. The highest BCUT2D eigenvalue weighted by molar-refractivity contribution is 6.67. The van der Waals surface area contributed by atoms with Gasteiger partial charge in [-0.3, -0.25) is 0 Å². The van der Waals surface area contributed by atoms with Crippen LogP contribution in [0.1, 0.15) is 39.2 Å². The average Bonchev–Trinajstić information content (AvgIpc) is 2.34. The zero-order valence-corrected chi connectivity index (χ0v) is 11.9. The van der Waals surface area contributed by atoms with Gasteiger partial charge in [-0.1, -0.05) is 24.3 Å². The molecule has 1 nitrogen and oxygen atoms in total. The Morgan fingerprint density at radius 1 is 0.842 bits per heavy atom. The lowest BCUT2D eigenvalue weighted by Gasteiger charge is -2.28. The van der Waals surface area contributed by atoms with Crippen LogP contribution >= 0.6 is 0 Å². The fourth-order valence-corrected chi connectivity index (χ4v) is 2.00. The summed E-state index contributed by atoms with van der Waals surface area (Å²) in [5.41, 5.74) is 1.79. The molecular weight excluding hydrogens is 226 g/mol. The highest BCUT2D eigenvalue weighted by Crippen LogP contribution is 2.17. The number of hydrogen-bond donors (Lipinski definition) is 0. The highest BCUT2D eigenvalue weighted by Gasteiger charge is 2.18. The molecule has 0 amide bonds. The maximum absolute atomic E-state index is 5.94. The van der Waals surface area contributed by atoms with Crippen molar-refractivity contribution in [3.8, 4) is 0 Å². The van der Waals surface area contributed by atoms with Crippen molar-refractivity contribution in [2.45, 2.75) is 45.8 Å². The molecule has 0 aliphatic rings. The van der Waals surface area contributed by atoms with Gasteiger partial charge in [-0.05, 0) is 25.8 Å². The minimum Gasteiger partial charge on any atom is -0.371 e. The van der Waals surface area contributed by atoms with Crippen molar-refractivity contribution >= 4 is 66.5 Å². The lowest BCUT2D eigenvalue weighted by molar-refractivity contribution is -0.0346. The van der Waals surface area contributed by atoms with Crippen molar-refractivity contribution in [2.75, 3.05) is 0 Å². The van der Waals surface area contributed by atoms with Crippen LogP contribution in [0.5, 0.6) is 0 Å². The first-order valence-corrected chi connectivity index (χ1v) is 6.35. The van der Waals surface area contributed by atoms with E-state index < -0.39 is 0 Å². The summed E-state index contributed by atoms with van der Waals surface area (Å²) in [6.07, 6.45) is 1.97. The molecule has 0 unspecified atom stereocenters. The smallest absolute Gasteiger partial charge is 0.113 e.